The fourth-order valence-electron chi connectivity index (χ4n) is 3.61. The Kier molecular flexibility index (Phi) is 6.81. The number of nitriles is 1. The molecule has 4 rings (SSSR count). The van der Waals surface area contributed by atoms with E-state index in [9.17, 15) is 4.79 Å². The summed E-state index contributed by atoms with van der Waals surface area (Å²) in [6.07, 6.45) is 3.82. The molecule has 0 aromatic carbocycles. The number of ether oxygens (including phenoxy) is 1. The number of hydrogen-bond donors (Lipinski definition) is 2. The number of nitrogens with zero attached hydrogens (tertiary/aromatic N) is 6. The molecule has 10 nitrogen and oxygen atoms in total. The normalized spacial score (nSPS) is 20.4. The molecule has 2 saturated heterocycles. The summed E-state index contributed by atoms with van der Waals surface area (Å²) in [5.74, 6) is 0.497. The minimum Gasteiger partial charge on any atom is -0.379 e. The monoisotopic (exact) mass is 428 g/mol. The molecule has 1 unspecified atom stereocenters. The van der Waals surface area contributed by atoms with Crippen LogP contribution in [0.15, 0.2) is 17.6 Å². The van der Waals surface area contributed by atoms with Gasteiger partial charge in [-0.05, 0) is 25.5 Å². The molecule has 0 spiro atoms. The summed E-state index contributed by atoms with van der Waals surface area (Å²) < 4.78 is 5.28. The van der Waals surface area contributed by atoms with Gasteiger partial charge in [0.2, 0.25) is 5.95 Å². The third-order valence-electron chi connectivity index (χ3n) is 5.12. The van der Waals surface area contributed by atoms with E-state index < -0.39 is 0 Å². The fourth-order valence-corrected chi connectivity index (χ4v) is 4.29. The Labute approximate surface area is 178 Å². The van der Waals surface area contributed by atoms with Gasteiger partial charge in [0.05, 0.1) is 31.5 Å². The molecule has 4 heterocycles. The quantitative estimate of drug-likeness (QED) is 0.657. The van der Waals surface area contributed by atoms with Crippen molar-refractivity contribution in [1.82, 2.24) is 30.3 Å². The summed E-state index contributed by atoms with van der Waals surface area (Å²) in [5.41, 5.74) is 4.16. The molecule has 2 N–H and O–H groups in total. The smallest absolute Gasteiger partial charge is 0.285 e. The lowest BCUT2D eigenvalue weighted by Gasteiger charge is -2.30. The van der Waals surface area contributed by atoms with Gasteiger partial charge in [0.1, 0.15) is 5.69 Å². The Morgan fingerprint density at radius 2 is 2.20 bits per heavy atom. The maximum absolute atomic E-state index is 12.4. The molecule has 30 heavy (non-hydrogen) atoms. The van der Waals surface area contributed by atoms with Crippen LogP contribution >= 0.6 is 11.3 Å². The van der Waals surface area contributed by atoms with Crippen molar-refractivity contribution in [2.45, 2.75) is 18.8 Å². The van der Waals surface area contributed by atoms with Crippen LogP contribution in [0.2, 0.25) is 0 Å². The van der Waals surface area contributed by atoms with Crippen LogP contribution in [-0.4, -0.2) is 76.7 Å². The summed E-state index contributed by atoms with van der Waals surface area (Å²) in [5, 5.41) is 16.2. The van der Waals surface area contributed by atoms with Gasteiger partial charge in [-0.15, -0.1) is 11.3 Å². The van der Waals surface area contributed by atoms with E-state index in [1.54, 1.807) is 11.6 Å². The van der Waals surface area contributed by atoms with Crippen LogP contribution in [0.1, 0.15) is 34.9 Å². The number of amides is 1. The lowest BCUT2D eigenvalue weighted by molar-refractivity contribution is 0.0125. The number of anilines is 2. The average molecular weight is 429 g/mol. The molecule has 1 atom stereocenters. The molecular formula is C19H24N8O2S. The Morgan fingerprint density at radius 1 is 1.33 bits per heavy atom. The first kappa shape index (κ1) is 20.6. The summed E-state index contributed by atoms with van der Waals surface area (Å²) in [6, 6.07) is 4.15. The molecule has 0 radical (unpaired) electrons. The first-order valence-electron chi connectivity index (χ1n) is 10.00. The highest BCUT2D eigenvalue weighted by Gasteiger charge is 2.23. The molecule has 0 saturated carbocycles. The van der Waals surface area contributed by atoms with Crippen molar-refractivity contribution < 1.29 is 9.53 Å². The van der Waals surface area contributed by atoms with Gasteiger partial charge in [-0.2, -0.15) is 5.26 Å². The van der Waals surface area contributed by atoms with Crippen LogP contribution in [-0.2, 0) is 4.74 Å². The van der Waals surface area contributed by atoms with E-state index >= 15 is 0 Å². The minimum atomic E-state index is -0.240. The molecule has 1 amide bonds. The van der Waals surface area contributed by atoms with Crippen LogP contribution in [0.4, 0.5) is 11.1 Å². The summed E-state index contributed by atoms with van der Waals surface area (Å²) in [7, 11) is 0. The zero-order chi connectivity index (χ0) is 20.8. The number of rotatable bonds is 6. The highest BCUT2D eigenvalue weighted by Crippen LogP contribution is 2.26. The van der Waals surface area contributed by atoms with Gasteiger partial charge in [-0.3, -0.25) is 15.1 Å². The Hall–Kier alpha value is -2.65. The SMILES string of the molecule is N#CCN1CCCC(c2ccnc(Nc3nc(C(=O)NN4CCOCC4)cs3)n2)C1. The highest BCUT2D eigenvalue weighted by atomic mass is 32.1. The van der Waals surface area contributed by atoms with Gasteiger partial charge in [-0.1, -0.05) is 0 Å². The second-order valence-electron chi connectivity index (χ2n) is 7.24. The van der Waals surface area contributed by atoms with Crippen LogP contribution in [0, 0.1) is 11.3 Å². The van der Waals surface area contributed by atoms with E-state index in [2.05, 4.69) is 36.7 Å². The van der Waals surface area contributed by atoms with Crippen molar-refractivity contribution in [2.75, 3.05) is 51.3 Å². The number of hydrazine groups is 1. The van der Waals surface area contributed by atoms with Gasteiger partial charge in [0, 0.05) is 37.1 Å². The third-order valence-corrected chi connectivity index (χ3v) is 5.88. The summed E-state index contributed by atoms with van der Waals surface area (Å²) >= 11 is 1.33. The van der Waals surface area contributed by atoms with E-state index in [0.717, 1.165) is 31.6 Å². The van der Waals surface area contributed by atoms with Crippen molar-refractivity contribution in [2.24, 2.45) is 0 Å². The molecule has 0 aliphatic carbocycles. The molecule has 2 aliphatic rings. The molecule has 11 heteroatoms. The van der Waals surface area contributed by atoms with Gasteiger partial charge < -0.3 is 10.1 Å². The molecule has 158 valence electrons. The lowest BCUT2D eigenvalue weighted by atomic mass is 9.94. The zero-order valence-corrected chi connectivity index (χ0v) is 17.4. The van der Waals surface area contributed by atoms with Crippen LogP contribution in [0.3, 0.4) is 0 Å². The van der Waals surface area contributed by atoms with Crippen molar-refractivity contribution in [1.29, 1.82) is 5.26 Å². The molecule has 2 aliphatic heterocycles. The van der Waals surface area contributed by atoms with Crippen molar-refractivity contribution >= 4 is 28.3 Å². The number of morpholine rings is 1. The maximum Gasteiger partial charge on any atom is 0.285 e. The van der Waals surface area contributed by atoms with Crippen molar-refractivity contribution in [3.8, 4) is 6.07 Å². The number of carbonyl (C=O) groups excluding carboxylic acids is 1. The Bertz CT molecular complexity index is 908. The van der Waals surface area contributed by atoms with Crippen LogP contribution in [0.25, 0.3) is 0 Å². The standard InChI is InChI=1S/C19H24N8O2S/c20-4-7-26-6-1-2-14(12-26)15-3-5-21-18(22-15)24-19-23-16(13-30-19)17(28)25-27-8-10-29-11-9-27/h3,5,13-14H,1-2,6-12H2,(H,25,28)(H,21,22,23,24). The molecule has 0 bridgehead atoms. The Balaban J connectivity index is 1.37. The molecule has 2 aromatic rings. The predicted octanol–water partition coefficient (Wildman–Crippen LogP) is 1.36. The number of piperidine rings is 1. The van der Waals surface area contributed by atoms with Gasteiger partial charge in [0.15, 0.2) is 5.13 Å². The van der Waals surface area contributed by atoms with Crippen LogP contribution in [0.5, 0.6) is 0 Å². The second-order valence-corrected chi connectivity index (χ2v) is 8.10. The highest BCUT2D eigenvalue weighted by molar-refractivity contribution is 7.14. The van der Waals surface area contributed by atoms with E-state index in [-0.39, 0.29) is 11.8 Å². The molecular weight excluding hydrogens is 404 g/mol. The second kappa shape index (κ2) is 9.90. The number of carbonyl (C=O) groups is 1. The predicted molar refractivity (Wildman–Crippen MR) is 111 cm³/mol. The minimum absolute atomic E-state index is 0.240. The van der Waals surface area contributed by atoms with E-state index in [1.165, 1.54) is 11.3 Å². The first-order valence-corrected chi connectivity index (χ1v) is 10.9. The largest absolute Gasteiger partial charge is 0.379 e. The maximum atomic E-state index is 12.4. The number of nitrogens with one attached hydrogen (secondary N) is 2. The zero-order valence-electron chi connectivity index (χ0n) is 16.6. The van der Waals surface area contributed by atoms with Crippen molar-refractivity contribution in [3.63, 3.8) is 0 Å². The third kappa shape index (κ3) is 5.28. The van der Waals surface area contributed by atoms with Gasteiger partial charge in [-0.25, -0.2) is 20.0 Å². The number of likely N-dealkylation sites (tertiary alicyclic amines) is 1. The van der Waals surface area contributed by atoms with E-state index in [0.29, 0.717) is 49.6 Å². The van der Waals surface area contributed by atoms with E-state index in [4.69, 9.17) is 10.00 Å². The topological polar surface area (TPSA) is 119 Å². The fraction of sp³-hybridized carbons (Fsp3) is 0.526. The number of aromatic nitrogens is 3. The summed E-state index contributed by atoms with van der Waals surface area (Å²) in [6.45, 7) is 4.76. The van der Waals surface area contributed by atoms with Gasteiger partial charge in [0.25, 0.3) is 5.91 Å². The first-order chi connectivity index (χ1) is 14.7. The van der Waals surface area contributed by atoms with Crippen LogP contribution < -0.4 is 10.7 Å². The Morgan fingerprint density at radius 3 is 3.03 bits per heavy atom. The number of hydrogen-bond acceptors (Lipinski definition) is 10. The summed E-state index contributed by atoms with van der Waals surface area (Å²) in [4.78, 5) is 27.8. The average Bonchev–Trinajstić information content (AvgIpc) is 3.24. The van der Waals surface area contributed by atoms with Crippen molar-refractivity contribution in [3.05, 3.63) is 29.0 Å². The lowest BCUT2D eigenvalue weighted by Crippen LogP contribution is -2.48. The number of thiazole rings is 1. The van der Waals surface area contributed by atoms with E-state index in [1.807, 2.05) is 11.1 Å². The van der Waals surface area contributed by atoms with Gasteiger partial charge >= 0.3 is 0 Å². The molecule has 2 aromatic heterocycles. The molecule has 2 fully saturated rings.